The molecule has 11 heteroatoms. The Morgan fingerprint density at radius 3 is 2.42 bits per heavy atom. The number of amides is 2. The minimum atomic E-state index is -3.81. The fourth-order valence-corrected chi connectivity index (χ4v) is 5.90. The van der Waals surface area contributed by atoms with E-state index in [0.717, 1.165) is 16.9 Å². The molecule has 33 heavy (non-hydrogen) atoms. The maximum Gasteiger partial charge on any atom is 0.309 e. The molecule has 2 N–H and O–H groups in total. The summed E-state index contributed by atoms with van der Waals surface area (Å²) in [6, 6.07) is 11.6. The third-order valence-electron chi connectivity index (χ3n) is 4.81. The van der Waals surface area contributed by atoms with E-state index < -0.39 is 26.9 Å². The van der Waals surface area contributed by atoms with Crippen LogP contribution in [0.2, 0.25) is 0 Å². The van der Waals surface area contributed by atoms with Gasteiger partial charge in [-0.05, 0) is 47.7 Å². The number of methoxy groups -OCH3 is 2. The SMILES string of the molecule is COc1ccc(CCNC(=O)C(=O)NC[C@@H](c2ccco2)S(=O)(=O)c2cccs2)cc1OC. The van der Waals surface area contributed by atoms with Crippen molar-refractivity contribution in [1.82, 2.24) is 10.6 Å². The van der Waals surface area contributed by atoms with Crippen LogP contribution in [0.4, 0.5) is 0 Å². The quantitative estimate of drug-likeness (QED) is 0.416. The highest BCUT2D eigenvalue weighted by atomic mass is 32.2. The molecule has 2 amide bonds. The summed E-state index contributed by atoms with van der Waals surface area (Å²) in [5.74, 6) is -0.455. The van der Waals surface area contributed by atoms with Gasteiger partial charge in [0.1, 0.15) is 15.2 Å². The summed E-state index contributed by atoms with van der Waals surface area (Å²) in [5.41, 5.74) is 0.883. The summed E-state index contributed by atoms with van der Waals surface area (Å²) < 4.78 is 41.8. The Hall–Kier alpha value is -3.31. The van der Waals surface area contributed by atoms with Crippen molar-refractivity contribution in [2.24, 2.45) is 0 Å². The molecule has 3 rings (SSSR count). The summed E-state index contributed by atoms with van der Waals surface area (Å²) in [7, 11) is -0.741. The normalized spacial score (nSPS) is 12.1. The summed E-state index contributed by atoms with van der Waals surface area (Å²) >= 11 is 1.07. The third kappa shape index (κ3) is 5.93. The average molecular weight is 493 g/mol. The van der Waals surface area contributed by atoms with Crippen molar-refractivity contribution in [2.75, 3.05) is 27.3 Å². The van der Waals surface area contributed by atoms with E-state index in [4.69, 9.17) is 13.9 Å². The van der Waals surface area contributed by atoms with Crippen LogP contribution in [0.3, 0.4) is 0 Å². The predicted octanol–water partition coefficient (Wildman–Crippen LogP) is 2.35. The smallest absolute Gasteiger partial charge is 0.309 e. The molecule has 0 aliphatic heterocycles. The Labute approximate surface area is 195 Å². The van der Waals surface area contributed by atoms with Gasteiger partial charge in [0.25, 0.3) is 0 Å². The van der Waals surface area contributed by atoms with Gasteiger partial charge in [0.2, 0.25) is 0 Å². The van der Waals surface area contributed by atoms with Crippen LogP contribution >= 0.6 is 11.3 Å². The van der Waals surface area contributed by atoms with Gasteiger partial charge in [0, 0.05) is 13.1 Å². The van der Waals surface area contributed by atoms with E-state index >= 15 is 0 Å². The fourth-order valence-electron chi connectivity index (χ4n) is 3.11. The number of benzene rings is 1. The highest BCUT2D eigenvalue weighted by Gasteiger charge is 2.33. The number of rotatable bonds is 10. The summed E-state index contributed by atoms with van der Waals surface area (Å²) in [6.45, 7) is -0.105. The first-order valence-electron chi connectivity index (χ1n) is 9.94. The van der Waals surface area contributed by atoms with Gasteiger partial charge >= 0.3 is 11.8 Å². The van der Waals surface area contributed by atoms with Crippen molar-refractivity contribution in [1.29, 1.82) is 0 Å². The number of carbonyl (C=O) groups excluding carboxylic acids is 2. The van der Waals surface area contributed by atoms with E-state index in [2.05, 4.69) is 10.6 Å². The van der Waals surface area contributed by atoms with Gasteiger partial charge in [-0.2, -0.15) is 0 Å². The molecule has 176 valence electrons. The van der Waals surface area contributed by atoms with Crippen molar-refractivity contribution in [3.8, 4) is 11.5 Å². The molecule has 9 nitrogen and oxygen atoms in total. The molecule has 2 heterocycles. The van der Waals surface area contributed by atoms with Crippen molar-refractivity contribution in [3.05, 3.63) is 65.4 Å². The summed E-state index contributed by atoms with van der Waals surface area (Å²) in [5, 5.41) is 5.42. The Morgan fingerprint density at radius 2 is 1.79 bits per heavy atom. The lowest BCUT2D eigenvalue weighted by atomic mass is 10.1. The second kappa shape index (κ2) is 11.0. The zero-order valence-electron chi connectivity index (χ0n) is 18.1. The molecule has 1 aromatic carbocycles. The molecule has 1 atom stereocenters. The zero-order valence-corrected chi connectivity index (χ0v) is 19.7. The van der Waals surface area contributed by atoms with Gasteiger partial charge in [-0.25, -0.2) is 8.42 Å². The van der Waals surface area contributed by atoms with E-state index in [0.29, 0.717) is 17.9 Å². The molecule has 0 aliphatic carbocycles. The predicted molar refractivity (Wildman–Crippen MR) is 122 cm³/mol. The van der Waals surface area contributed by atoms with Gasteiger partial charge in [-0.15, -0.1) is 11.3 Å². The van der Waals surface area contributed by atoms with Crippen molar-refractivity contribution in [2.45, 2.75) is 15.9 Å². The van der Waals surface area contributed by atoms with Crippen LogP contribution in [0.25, 0.3) is 0 Å². The maximum absolute atomic E-state index is 13.0. The van der Waals surface area contributed by atoms with Crippen molar-refractivity contribution in [3.63, 3.8) is 0 Å². The molecule has 0 saturated carbocycles. The zero-order chi connectivity index (χ0) is 23.8. The monoisotopic (exact) mass is 492 g/mol. The van der Waals surface area contributed by atoms with Crippen LogP contribution in [-0.4, -0.2) is 47.5 Å². The lowest BCUT2D eigenvalue weighted by molar-refractivity contribution is -0.139. The van der Waals surface area contributed by atoms with Crippen LogP contribution in [0.15, 0.2) is 62.7 Å². The molecule has 0 saturated heterocycles. The fraction of sp³-hybridized carbons (Fsp3) is 0.273. The Kier molecular flexibility index (Phi) is 8.12. The molecule has 0 unspecified atom stereocenters. The van der Waals surface area contributed by atoms with Gasteiger partial charge in [-0.3, -0.25) is 9.59 Å². The molecule has 0 spiro atoms. The molecular formula is C22H24N2O7S2. The van der Waals surface area contributed by atoms with E-state index in [-0.39, 0.29) is 23.1 Å². The Morgan fingerprint density at radius 1 is 1.03 bits per heavy atom. The number of ether oxygens (including phenoxy) is 2. The van der Waals surface area contributed by atoms with Crippen LogP contribution in [0.1, 0.15) is 16.6 Å². The maximum atomic E-state index is 13.0. The number of nitrogens with one attached hydrogen (secondary N) is 2. The van der Waals surface area contributed by atoms with Gasteiger partial charge < -0.3 is 24.5 Å². The minimum absolute atomic E-state index is 0.150. The second-order valence-corrected chi connectivity index (χ2v) is 10.2. The molecule has 0 aliphatic rings. The number of sulfone groups is 1. The topological polar surface area (TPSA) is 124 Å². The molecule has 3 aromatic rings. The molecular weight excluding hydrogens is 468 g/mol. The van der Waals surface area contributed by atoms with E-state index in [9.17, 15) is 18.0 Å². The highest BCUT2D eigenvalue weighted by Crippen LogP contribution is 2.31. The van der Waals surface area contributed by atoms with Crippen LogP contribution < -0.4 is 20.1 Å². The van der Waals surface area contributed by atoms with Gasteiger partial charge in [0.05, 0.1) is 20.5 Å². The number of hydrogen-bond acceptors (Lipinski definition) is 8. The molecule has 0 radical (unpaired) electrons. The Bertz CT molecular complexity index is 1170. The van der Waals surface area contributed by atoms with E-state index in [1.165, 1.54) is 25.5 Å². The number of hydrogen-bond donors (Lipinski definition) is 2. The lowest BCUT2D eigenvalue weighted by Crippen LogP contribution is -2.42. The van der Waals surface area contributed by atoms with Crippen LogP contribution in [0.5, 0.6) is 11.5 Å². The lowest BCUT2D eigenvalue weighted by Gasteiger charge is -2.15. The third-order valence-corrected chi connectivity index (χ3v) is 8.30. The van der Waals surface area contributed by atoms with Crippen LogP contribution in [-0.2, 0) is 25.8 Å². The largest absolute Gasteiger partial charge is 0.493 e. The highest BCUT2D eigenvalue weighted by molar-refractivity contribution is 7.93. The summed E-state index contributed by atoms with van der Waals surface area (Å²) in [6.07, 6.45) is 1.82. The van der Waals surface area contributed by atoms with E-state index in [1.807, 2.05) is 6.07 Å². The number of furan rings is 1. The minimum Gasteiger partial charge on any atom is -0.493 e. The first-order valence-corrected chi connectivity index (χ1v) is 12.4. The second-order valence-electron chi connectivity index (χ2n) is 6.89. The van der Waals surface area contributed by atoms with Gasteiger partial charge in [0.15, 0.2) is 21.3 Å². The molecule has 0 fully saturated rings. The van der Waals surface area contributed by atoms with Crippen molar-refractivity contribution < 1.29 is 31.9 Å². The number of carbonyl (C=O) groups is 2. The first kappa shape index (κ1) is 24.3. The number of thiophene rings is 1. The first-order chi connectivity index (χ1) is 15.9. The van der Waals surface area contributed by atoms with Crippen molar-refractivity contribution >= 4 is 33.0 Å². The van der Waals surface area contributed by atoms with Gasteiger partial charge in [-0.1, -0.05) is 12.1 Å². The standard InChI is InChI=1S/C22H24N2O7S2/c1-29-16-8-7-15(13-18(16)30-2)9-10-23-21(25)22(26)24-14-19(17-5-3-11-31-17)33(27,28)20-6-4-12-32-20/h3-8,11-13,19H,9-10,14H2,1-2H3,(H,23,25)(H,24,26)/t19-/m0/s1. The summed E-state index contributed by atoms with van der Waals surface area (Å²) in [4.78, 5) is 24.5. The molecule has 0 bridgehead atoms. The van der Waals surface area contributed by atoms with Crippen LogP contribution in [0, 0.1) is 0 Å². The average Bonchev–Trinajstić information content (AvgIpc) is 3.53. The Balaban J connectivity index is 1.57. The molecule has 2 aromatic heterocycles. The van der Waals surface area contributed by atoms with E-state index in [1.54, 1.807) is 36.8 Å².